The molecule has 4 nitrogen and oxygen atoms in total. The summed E-state index contributed by atoms with van der Waals surface area (Å²) in [6, 6.07) is 4.69. The number of likely N-dealkylation sites (tertiary alicyclic amines) is 1. The third kappa shape index (κ3) is 4.84. The third-order valence-corrected chi connectivity index (χ3v) is 4.94. The molecule has 1 aromatic heterocycles. The van der Waals surface area contributed by atoms with Gasteiger partial charge in [0.25, 0.3) is 0 Å². The SMILES string of the molecule is CCCCN(CCCC)C(=O)CN1CCCC1c1cccn1C. The first-order valence-electron chi connectivity index (χ1n) is 9.30. The van der Waals surface area contributed by atoms with Gasteiger partial charge in [0.2, 0.25) is 5.91 Å². The van der Waals surface area contributed by atoms with Gasteiger partial charge in [0, 0.05) is 32.0 Å². The molecule has 4 heteroatoms. The van der Waals surface area contributed by atoms with Crippen LogP contribution in [0.25, 0.3) is 0 Å². The van der Waals surface area contributed by atoms with Crippen LogP contribution in [0, 0.1) is 0 Å². The second-order valence-electron chi connectivity index (χ2n) is 6.76. The minimum atomic E-state index is 0.313. The third-order valence-electron chi connectivity index (χ3n) is 4.94. The molecule has 0 radical (unpaired) electrons. The number of carbonyl (C=O) groups excluding carboxylic acids is 1. The predicted molar refractivity (Wildman–Crippen MR) is 95.4 cm³/mol. The van der Waals surface area contributed by atoms with E-state index < -0.39 is 0 Å². The second kappa shape index (κ2) is 9.11. The van der Waals surface area contributed by atoms with Crippen LogP contribution in [0.4, 0.5) is 0 Å². The zero-order valence-corrected chi connectivity index (χ0v) is 15.1. The summed E-state index contributed by atoms with van der Waals surface area (Å²) in [5, 5.41) is 0. The number of rotatable bonds is 9. The maximum atomic E-state index is 12.8. The van der Waals surface area contributed by atoms with Crippen LogP contribution in [0.2, 0.25) is 0 Å². The highest BCUT2D eigenvalue weighted by Gasteiger charge is 2.30. The average molecular weight is 319 g/mol. The van der Waals surface area contributed by atoms with Gasteiger partial charge in [-0.15, -0.1) is 0 Å². The van der Waals surface area contributed by atoms with Crippen LogP contribution in [-0.2, 0) is 11.8 Å². The number of unbranched alkanes of at least 4 members (excludes halogenated alkanes) is 2. The Hall–Kier alpha value is -1.29. The van der Waals surface area contributed by atoms with Gasteiger partial charge in [-0.2, -0.15) is 0 Å². The molecule has 1 aliphatic heterocycles. The van der Waals surface area contributed by atoms with Crippen LogP contribution in [0.3, 0.4) is 0 Å². The molecule has 0 N–H and O–H groups in total. The molecule has 0 saturated carbocycles. The van der Waals surface area contributed by atoms with E-state index in [0.717, 1.165) is 51.7 Å². The zero-order chi connectivity index (χ0) is 16.7. The first-order valence-corrected chi connectivity index (χ1v) is 9.30. The molecule has 1 aliphatic rings. The van der Waals surface area contributed by atoms with E-state index in [9.17, 15) is 4.79 Å². The number of aryl methyl sites for hydroxylation is 1. The summed E-state index contributed by atoms with van der Waals surface area (Å²) in [4.78, 5) is 17.3. The summed E-state index contributed by atoms with van der Waals surface area (Å²) in [7, 11) is 2.10. The summed E-state index contributed by atoms with van der Waals surface area (Å²) in [6.07, 6.45) is 8.95. The smallest absolute Gasteiger partial charge is 0.236 e. The molecule has 23 heavy (non-hydrogen) atoms. The van der Waals surface area contributed by atoms with Gasteiger partial charge < -0.3 is 9.47 Å². The van der Waals surface area contributed by atoms with Crippen molar-refractivity contribution in [3.05, 3.63) is 24.0 Å². The quantitative estimate of drug-likeness (QED) is 0.696. The van der Waals surface area contributed by atoms with Gasteiger partial charge in [-0.3, -0.25) is 9.69 Å². The maximum Gasteiger partial charge on any atom is 0.236 e. The fourth-order valence-electron chi connectivity index (χ4n) is 3.50. The normalized spacial score (nSPS) is 18.5. The van der Waals surface area contributed by atoms with Crippen LogP contribution < -0.4 is 0 Å². The number of hydrogen-bond acceptors (Lipinski definition) is 2. The van der Waals surface area contributed by atoms with Crippen molar-refractivity contribution in [3.8, 4) is 0 Å². The molecule has 1 fully saturated rings. The Morgan fingerprint density at radius 3 is 2.52 bits per heavy atom. The molecular weight excluding hydrogens is 286 g/mol. The number of aromatic nitrogens is 1. The molecule has 2 heterocycles. The lowest BCUT2D eigenvalue weighted by Crippen LogP contribution is -2.41. The molecule has 0 spiro atoms. The predicted octanol–water partition coefficient (Wildman–Crippen LogP) is 3.59. The Morgan fingerprint density at radius 1 is 1.26 bits per heavy atom. The van der Waals surface area contributed by atoms with E-state index in [-0.39, 0.29) is 0 Å². The minimum absolute atomic E-state index is 0.313. The van der Waals surface area contributed by atoms with E-state index in [4.69, 9.17) is 0 Å². The highest BCUT2D eigenvalue weighted by atomic mass is 16.2. The van der Waals surface area contributed by atoms with Crippen molar-refractivity contribution in [3.63, 3.8) is 0 Å². The van der Waals surface area contributed by atoms with Crippen molar-refractivity contribution < 1.29 is 4.79 Å². The van der Waals surface area contributed by atoms with Gasteiger partial charge in [0.15, 0.2) is 0 Å². The molecule has 1 atom stereocenters. The van der Waals surface area contributed by atoms with E-state index >= 15 is 0 Å². The number of hydrogen-bond donors (Lipinski definition) is 0. The van der Waals surface area contributed by atoms with E-state index in [2.05, 4.69) is 53.6 Å². The molecule has 0 aromatic carbocycles. The Morgan fingerprint density at radius 2 is 1.96 bits per heavy atom. The topological polar surface area (TPSA) is 28.5 Å². The van der Waals surface area contributed by atoms with Crippen molar-refractivity contribution in [2.45, 2.75) is 58.4 Å². The van der Waals surface area contributed by atoms with E-state index in [1.165, 1.54) is 12.1 Å². The molecule has 1 amide bonds. The van der Waals surface area contributed by atoms with Crippen molar-refractivity contribution in [2.24, 2.45) is 7.05 Å². The van der Waals surface area contributed by atoms with Crippen LogP contribution in [-0.4, -0.2) is 46.5 Å². The first kappa shape index (κ1) is 18.1. The van der Waals surface area contributed by atoms with Crippen molar-refractivity contribution >= 4 is 5.91 Å². The lowest BCUT2D eigenvalue weighted by Gasteiger charge is -2.29. The molecule has 1 unspecified atom stereocenters. The summed E-state index contributed by atoms with van der Waals surface area (Å²) < 4.78 is 2.19. The van der Waals surface area contributed by atoms with Crippen LogP contribution in [0.1, 0.15) is 64.1 Å². The van der Waals surface area contributed by atoms with Gasteiger partial charge in [0.05, 0.1) is 12.6 Å². The van der Waals surface area contributed by atoms with Gasteiger partial charge in [-0.1, -0.05) is 26.7 Å². The second-order valence-corrected chi connectivity index (χ2v) is 6.76. The highest BCUT2D eigenvalue weighted by Crippen LogP contribution is 2.31. The summed E-state index contributed by atoms with van der Waals surface area (Å²) in [5.74, 6) is 0.313. The van der Waals surface area contributed by atoms with Crippen LogP contribution in [0.15, 0.2) is 18.3 Å². The number of carbonyl (C=O) groups is 1. The van der Waals surface area contributed by atoms with Crippen molar-refractivity contribution in [1.82, 2.24) is 14.4 Å². The monoisotopic (exact) mass is 319 g/mol. The minimum Gasteiger partial charge on any atom is -0.353 e. The van der Waals surface area contributed by atoms with Gasteiger partial charge >= 0.3 is 0 Å². The Bertz CT molecular complexity index is 475. The molecule has 130 valence electrons. The molecule has 2 rings (SSSR count). The first-order chi connectivity index (χ1) is 11.2. The standard InChI is InChI=1S/C19H33N3O/c1-4-6-13-21(14-7-5-2)19(23)16-22-15-9-11-18(22)17-10-8-12-20(17)3/h8,10,12,18H,4-7,9,11,13-16H2,1-3H3. The van der Waals surface area contributed by atoms with Crippen LogP contribution in [0.5, 0.6) is 0 Å². The summed E-state index contributed by atoms with van der Waals surface area (Å²) >= 11 is 0. The van der Waals surface area contributed by atoms with Gasteiger partial charge in [0.1, 0.15) is 0 Å². The highest BCUT2D eigenvalue weighted by molar-refractivity contribution is 5.78. The van der Waals surface area contributed by atoms with Gasteiger partial charge in [-0.05, 0) is 44.4 Å². The van der Waals surface area contributed by atoms with Crippen molar-refractivity contribution in [2.75, 3.05) is 26.2 Å². The Labute approximate surface area is 141 Å². The molecule has 0 aliphatic carbocycles. The number of nitrogens with zero attached hydrogens (tertiary/aromatic N) is 3. The zero-order valence-electron chi connectivity index (χ0n) is 15.1. The Kier molecular flexibility index (Phi) is 7.15. The lowest BCUT2D eigenvalue weighted by molar-refractivity contribution is -0.132. The largest absolute Gasteiger partial charge is 0.353 e. The van der Waals surface area contributed by atoms with Gasteiger partial charge in [-0.25, -0.2) is 0 Å². The van der Waals surface area contributed by atoms with E-state index in [0.29, 0.717) is 18.5 Å². The molecule has 0 bridgehead atoms. The van der Waals surface area contributed by atoms with E-state index in [1.807, 2.05) is 0 Å². The molecule has 1 saturated heterocycles. The fraction of sp³-hybridized carbons (Fsp3) is 0.737. The maximum absolute atomic E-state index is 12.8. The molecule has 1 aromatic rings. The molecular formula is C19H33N3O. The summed E-state index contributed by atoms with van der Waals surface area (Å²) in [6.45, 7) is 7.82. The van der Waals surface area contributed by atoms with E-state index in [1.54, 1.807) is 0 Å². The summed E-state index contributed by atoms with van der Waals surface area (Å²) in [5.41, 5.74) is 1.34. The van der Waals surface area contributed by atoms with Crippen molar-refractivity contribution in [1.29, 1.82) is 0 Å². The van der Waals surface area contributed by atoms with Crippen LogP contribution >= 0.6 is 0 Å². The Balaban J connectivity index is 1.97. The number of amides is 1. The fourth-order valence-corrected chi connectivity index (χ4v) is 3.50. The average Bonchev–Trinajstić information content (AvgIpc) is 3.15. The lowest BCUT2D eigenvalue weighted by atomic mass is 10.1.